The molecule has 0 atom stereocenters. The molecule has 9 heteroatoms. The molecule has 0 aromatic carbocycles. The lowest BCUT2D eigenvalue weighted by atomic mass is 10.1. The highest BCUT2D eigenvalue weighted by atomic mass is 32.2. The molecule has 4 rings (SSSR count). The van der Waals surface area contributed by atoms with Crippen molar-refractivity contribution in [2.45, 2.75) is 6.42 Å². The number of nitrogens with one attached hydrogen (secondary N) is 1. The van der Waals surface area contributed by atoms with E-state index in [4.69, 9.17) is 4.74 Å². The molecular weight excluding hydrogens is 342 g/mol. The Bertz CT molecular complexity index is 915. The van der Waals surface area contributed by atoms with Gasteiger partial charge >= 0.3 is 0 Å². The molecule has 1 saturated heterocycles. The molecule has 0 aliphatic carbocycles. The Morgan fingerprint density at radius 2 is 2.00 bits per heavy atom. The zero-order valence-electron chi connectivity index (χ0n) is 14.1. The number of fused-ring (bicyclic) bond motifs is 1. The lowest BCUT2D eigenvalue weighted by Gasteiger charge is -2.28. The maximum atomic E-state index is 11.6. The van der Waals surface area contributed by atoms with Crippen LogP contribution < -0.4 is 4.90 Å². The Morgan fingerprint density at radius 1 is 1.20 bits per heavy atom. The molecule has 1 fully saturated rings. The van der Waals surface area contributed by atoms with Crippen LogP contribution >= 0.6 is 0 Å². The maximum absolute atomic E-state index is 11.6. The van der Waals surface area contributed by atoms with Crippen molar-refractivity contribution in [1.29, 1.82) is 0 Å². The molecule has 25 heavy (non-hydrogen) atoms. The third-order valence-corrected chi connectivity index (χ3v) is 5.97. The van der Waals surface area contributed by atoms with Crippen LogP contribution in [0.4, 0.5) is 5.82 Å². The summed E-state index contributed by atoms with van der Waals surface area (Å²) in [5.74, 6) is 0.921. The number of H-pyrrole nitrogens is 1. The fraction of sp³-hybridized carbons (Fsp3) is 0.500. The van der Waals surface area contributed by atoms with E-state index in [-0.39, 0.29) is 0 Å². The molecule has 1 N–H and O–H groups in total. The molecule has 2 aromatic heterocycles. The van der Waals surface area contributed by atoms with Gasteiger partial charge in [-0.1, -0.05) is 6.08 Å². The van der Waals surface area contributed by atoms with Gasteiger partial charge in [0.1, 0.15) is 17.8 Å². The number of nitrogens with zero attached hydrogens (tertiary/aromatic N) is 4. The summed E-state index contributed by atoms with van der Waals surface area (Å²) < 4.78 is 30.2. The van der Waals surface area contributed by atoms with Gasteiger partial charge in [0.05, 0.1) is 24.9 Å². The Balaban J connectivity index is 1.65. The number of aromatic amines is 1. The van der Waals surface area contributed by atoms with E-state index in [0.717, 1.165) is 41.2 Å². The summed E-state index contributed by atoms with van der Waals surface area (Å²) >= 11 is 0. The second-order valence-electron chi connectivity index (χ2n) is 6.34. The highest BCUT2D eigenvalue weighted by Gasteiger charge is 2.22. The van der Waals surface area contributed by atoms with Crippen LogP contribution in [-0.2, 0) is 14.8 Å². The minimum atomic E-state index is -3.14. The first-order valence-electron chi connectivity index (χ1n) is 8.33. The molecule has 0 amide bonds. The SMILES string of the molecule is CS(=O)(=O)N1CC=C(c2cc3c(N4CCOCC4)ncnc3[nH]2)CC1. The molecule has 134 valence electrons. The van der Waals surface area contributed by atoms with E-state index in [9.17, 15) is 8.42 Å². The Hall–Kier alpha value is -1.97. The molecular formula is C16H21N5O3S. The first kappa shape index (κ1) is 16.5. The summed E-state index contributed by atoms with van der Waals surface area (Å²) in [7, 11) is -3.14. The zero-order chi connectivity index (χ0) is 17.4. The molecule has 0 radical (unpaired) electrons. The minimum Gasteiger partial charge on any atom is -0.378 e. The van der Waals surface area contributed by atoms with E-state index >= 15 is 0 Å². The summed E-state index contributed by atoms with van der Waals surface area (Å²) in [6.07, 6.45) is 5.48. The predicted octanol–water partition coefficient (Wildman–Crippen LogP) is 0.843. The summed E-state index contributed by atoms with van der Waals surface area (Å²) in [4.78, 5) is 14.4. The van der Waals surface area contributed by atoms with Gasteiger partial charge in [-0.05, 0) is 18.1 Å². The van der Waals surface area contributed by atoms with Gasteiger partial charge in [-0.2, -0.15) is 4.31 Å². The van der Waals surface area contributed by atoms with Crippen molar-refractivity contribution in [2.24, 2.45) is 0 Å². The van der Waals surface area contributed by atoms with E-state index in [1.807, 2.05) is 6.08 Å². The van der Waals surface area contributed by atoms with Gasteiger partial charge in [0.2, 0.25) is 10.0 Å². The van der Waals surface area contributed by atoms with E-state index in [0.29, 0.717) is 32.7 Å². The van der Waals surface area contributed by atoms with E-state index in [1.54, 1.807) is 6.33 Å². The number of ether oxygens (including phenoxy) is 1. The van der Waals surface area contributed by atoms with Crippen molar-refractivity contribution >= 4 is 32.4 Å². The number of sulfonamides is 1. The molecule has 8 nitrogen and oxygen atoms in total. The topological polar surface area (TPSA) is 91.4 Å². The minimum absolute atomic E-state index is 0.408. The van der Waals surface area contributed by atoms with Crippen LogP contribution in [0.15, 0.2) is 18.5 Å². The molecule has 2 aliphatic rings. The van der Waals surface area contributed by atoms with Crippen LogP contribution in [0.5, 0.6) is 0 Å². The summed E-state index contributed by atoms with van der Waals surface area (Å²) in [5.41, 5.74) is 2.90. The fourth-order valence-corrected chi connectivity index (χ4v) is 4.09. The standard InChI is InChI=1S/C16H21N5O3S/c1-25(22,23)21-4-2-12(3-5-21)14-10-13-15(19-14)17-11-18-16(13)20-6-8-24-9-7-20/h2,10-11H,3-9H2,1H3,(H,17,18,19). The van der Waals surface area contributed by atoms with Crippen molar-refractivity contribution < 1.29 is 13.2 Å². The van der Waals surface area contributed by atoms with Crippen LogP contribution in [0.3, 0.4) is 0 Å². The molecule has 0 spiro atoms. The second-order valence-corrected chi connectivity index (χ2v) is 8.32. The Labute approximate surface area is 146 Å². The van der Waals surface area contributed by atoms with Crippen molar-refractivity contribution in [3.63, 3.8) is 0 Å². The van der Waals surface area contributed by atoms with Gasteiger partial charge in [0, 0.05) is 31.9 Å². The normalized spacial score (nSPS) is 20.0. The largest absolute Gasteiger partial charge is 0.378 e. The van der Waals surface area contributed by atoms with Crippen LogP contribution in [0.25, 0.3) is 16.6 Å². The van der Waals surface area contributed by atoms with Crippen molar-refractivity contribution in [2.75, 3.05) is 50.5 Å². The average Bonchev–Trinajstić information content (AvgIpc) is 3.06. The van der Waals surface area contributed by atoms with Crippen LogP contribution in [-0.4, -0.2) is 73.3 Å². The lowest BCUT2D eigenvalue weighted by Crippen LogP contribution is -2.36. The summed E-state index contributed by atoms with van der Waals surface area (Å²) in [6.45, 7) is 3.95. The van der Waals surface area contributed by atoms with Crippen molar-refractivity contribution in [3.05, 3.63) is 24.2 Å². The van der Waals surface area contributed by atoms with Gasteiger partial charge in [0.25, 0.3) is 0 Å². The molecule has 2 aromatic rings. The monoisotopic (exact) mass is 363 g/mol. The molecule has 0 unspecified atom stereocenters. The highest BCUT2D eigenvalue weighted by molar-refractivity contribution is 7.88. The summed E-state index contributed by atoms with van der Waals surface area (Å²) in [5, 5.41) is 0.992. The number of hydrogen-bond acceptors (Lipinski definition) is 6. The maximum Gasteiger partial charge on any atom is 0.211 e. The first-order chi connectivity index (χ1) is 12.0. The molecule has 0 saturated carbocycles. The van der Waals surface area contributed by atoms with E-state index in [1.165, 1.54) is 10.6 Å². The van der Waals surface area contributed by atoms with Gasteiger partial charge in [-0.3, -0.25) is 0 Å². The zero-order valence-corrected chi connectivity index (χ0v) is 14.9. The third-order valence-electron chi connectivity index (χ3n) is 4.70. The molecule has 0 bridgehead atoms. The number of morpholine rings is 1. The van der Waals surface area contributed by atoms with Crippen molar-refractivity contribution in [3.8, 4) is 0 Å². The summed E-state index contributed by atoms with van der Waals surface area (Å²) in [6, 6.07) is 2.07. The van der Waals surface area contributed by atoms with Crippen LogP contribution in [0.1, 0.15) is 12.1 Å². The Morgan fingerprint density at radius 3 is 2.68 bits per heavy atom. The second kappa shape index (κ2) is 6.40. The lowest BCUT2D eigenvalue weighted by molar-refractivity contribution is 0.122. The predicted molar refractivity (Wildman–Crippen MR) is 95.9 cm³/mol. The van der Waals surface area contributed by atoms with E-state index < -0.39 is 10.0 Å². The average molecular weight is 363 g/mol. The molecule has 2 aliphatic heterocycles. The molecule has 4 heterocycles. The van der Waals surface area contributed by atoms with Gasteiger partial charge in [-0.25, -0.2) is 18.4 Å². The third kappa shape index (κ3) is 3.26. The van der Waals surface area contributed by atoms with Crippen LogP contribution in [0.2, 0.25) is 0 Å². The van der Waals surface area contributed by atoms with Gasteiger partial charge < -0.3 is 14.6 Å². The highest BCUT2D eigenvalue weighted by Crippen LogP contribution is 2.29. The van der Waals surface area contributed by atoms with Gasteiger partial charge in [-0.15, -0.1) is 0 Å². The number of rotatable bonds is 3. The van der Waals surface area contributed by atoms with Crippen molar-refractivity contribution in [1.82, 2.24) is 19.3 Å². The van der Waals surface area contributed by atoms with Gasteiger partial charge in [0.15, 0.2) is 0 Å². The number of hydrogen-bond donors (Lipinski definition) is 1. The number of anilines is 1. The van der Waals surface area contributed by atoms with E-state index in [2.05, 4.69) is 25.9 Å². The van der Waals surface area contributed by atoms with Crippen LogP contribution in [0, 0.1) is 0 Å². The quantitative estimate of drug-likeness (QED) is 0.869. The first-order valence-corrected chi connectivity index (χ1v) is 10.2. The Kier molecular flexibility index (Phi) is 4.22. The fourth-order valence-electron chi connectivity index (χ4n) is 3.32. The smallest absolute Gasteiger partial charge is 0.211 e. The number of aromatic nitrogens is 3.